The number of ether oxygens (including phenoxy) is 1. The van der Waals surface area contributed by atoms with Crippen molar-refractivity contribution in [3.63, 3.8) is 0 Å². The number of rotatable bonds is 9. The maximum Gasteiger partial charge on any atom is 0.255 e. The lowest BCUT2D eigenvalue weighted by Gasteiger charge is -2.26. The van der Waals surface area contributed by atoms with Crippen molar-refractivity contribution in [1.82, 2.24) is 24.4 Å². The number of nitrogens with one attached hydrogen (secondary N) is 3. The van der Waals surface area contributed by atoms with Crippen molar-refractivity contribution in [2.24, 2.45) is 0 Å². The van der Waals surface area contributed by atoms with Gasteiger partial charge in [-0.15, -0.1) is 0 Å². The Hall–Kier alpha value is -4.28. The Balaban J connectivity index is 1.27. The van der Waals surface area contributed by atoms with E-state index in [-0.39, 0.29) is 5.91 Å². The second-order valence-electron chi connectivity index (χ2n) is 9.24. The summed E-state index contributed by atoms with van der Waals surface area (Å²) in [6.45, 7) is 9.16. The standard InChI is InChI=1S/C28H32N8O2/c1-20-4-3-5-23(16-20)33-27(37)22-7-6-21(2)24(17-22)34-28-30-9-11-36(28)26-18-25(31-19-32-26)29-8-10-35-12-14-38-15-13-35/h3-7,9,11,16-19H,8,10,12-15H2,1-2H3,(H,30,34)(H,33,37)(H,29,31,32). The molecular formula is C28H32N8O2. The molecule has 0 saturated carbocycles. The van der Waals surface area contributed by atoms with Crippen molar-refractivity contribution >= 4 is 29.0 Å². The number of amides is 1. The van der Waals surface area contributed by atoms with Crippen molar-refractivity contribution in [1.29, 1.82) is 0 Å². The molecule has 1 saturated heterocycles. The van der Waals surface area contributed by atoms with Crippen LogP contribution in [0.2, 0.25) is 0 Å². The lowest BCUT2D eigenvalue weighted by Crippen LogP contribution is -2.39. The summed E-state index contributed by atoms with van der Waals surface area (Å²) in [6.07, 6.45) is 5.09. The summed E-state index contributed by atoms with van der Waals surface area (Å²) in [4.78, 5) is 28.6. The van der Waals surface area contributed by atoms with Gasteiger partial charge in [0.05, 0.1) is 13.2 Å². The molecule has 1 amide bonds. The van der Waals surface area contributed by atoms with Crippen LogP contribution in [-0.2, 0) is 4.74 Å². The highest BCUT2D eigenvalue weighted by Crippen LogP contribution is 2.24. The zero-order chi connectivity index (χ0) is 26.3. The number of aryl methyl sites for hydroxylation is 2. The second-order valence-corrected chi connectivity index (χ2v) is 9.24. The summed E-state index contributed by atoms with van der Waals surface area (Å²) in [5, 5.41) is 9.71. The molecule has 4 aromatic rings. The molecule has 196 valence electrons. The van der Waals surface area contributed by atoms with Gasteiger partial charge in [-0.1, -0.05) is 18.2 Å². The fraction of sp³-hybridized carbons (Fsp3) is 0.286. The molecule has 0 spiro atoms. The highest BCUT2D eigenvalue weighted by Gasteiger charge is 2.13. The van der Waals surface area contributed by atoms with Crippen LogP contribution in [0.3, 0.4) is 0 Å². The molecule has 0 radical (unpaired) electrons. The Morgan fingerprint density at radius 3 is 2.74 bits per heavy atom. The highest BCUT2D eigenvalue weighted by molar-refractivity contribution is 6.05. The Labute approximate surface area is 222 Å². The largest absolute Gasteiger partial charge is 0.379 e. The smallest absolute Gasteiger partial charge is 0.255 e. The minimum absolute atomic E-state index is 0.175. The summed E-state index contributed by atoms with van der Waals surface area (Å²) in [6, 6.07) is 15.2. The van der Waals surface area contributed by atoms with Crippen LogP contribution >= 0.6 is 0 Å². The Morgan fingerprint density at radius 2 is 1.89 bits per heavy atom. The number of carbonyl (C=O) groups is 1. The number of carbonyl (C=O) groups excluding carboxylic acids is 1. The molecule has 2 aromatic heterocycles. The van der Waals surface area contributed by atoms with Crippen molar-refractivity contribution in [2.45, 2.75) is 13.8 Å². The van der Waals surface area contributed by atoms with E-state index in [1.54, 1.807) is 6.20 Å². The molecule has 10 nitrogen and oxygen atoms in total. The van der Waals surface area contributed by atoms with Gasteiger partial charge in [-0.25, -0.2) is 15.0 Å². The zero-order valence-electron chi connectivity index (χ0n) is 21.6. The lowest BCUT2D eigenvalue weighted by atomic mass is 10.1. The van der Waals surface area contributed by atoms with E-state index >= 15 is 0 Å². The minimum atomic E-state index is -0.175. The predicted molar refractivity (Wildman–Crippen MR) is 148 cm³/mol. The third-order valence-corrected chi connectivity index (χ3v) is 6.40. The predicted octanol–water partition coefficient (Wildman–Crippen LogP) is 4.02. The summed E-state index contributed by atoms with van der Waals surface area (Å²) in [7, 11) is 0. The van der Waals surface area contributed by atoms with E-state index in [0.717, 1.165) is 67.7 Å². The first-order chi connectivity index (χ1) is 18.5. The van der Waals surface area contributed by atoms with Gasteiger partial charge >= 0.3 is 0 Å². The molecule has 0 unspecified atom stereocenters. The molecule has 3 heterocycles. The fourth-order valence-corrected chi connectivity index (χ4v) is 4.27. The zero-order valence-corrected chi connectivity index (χ0v) is 21.6. The number of morpholine rings is 1. The van der Waals surface area contributed by atoms with E-state index in [9.17, 15) is 4.79 Å². The number of hydrogen-bond acceptors (Lipinski definition) is 8. The third kappa shape index (κ3) is 6.34. The summed E-state index contributed by atoms with van der Waals surface area (Å²) < 4.78 is 7.27. The second kappa shape index (κ2) is 11.8. The fourth-order valence-electron chi connectivity index (χ4n) is 4.27. The molecule has 3 N–H and O–H groups in total. The van der Waals surface area contributed by atoms with Crippen molar-refractivity contribution in [3.05, 3.63) is 83.9 Å². The monoisotopic (exact) mass is 512 g/mol. The van der Waals surface area contributed by atoms with Gasteiger partial charge < -0.3 is 20.7 Å². The number of hydrogen-bond donors (Lipinski definition) is 3. The first-order valence-electron chi connectivity index (χ1n) is 12.7. The Bertz CT molecular complexity index is 1400. The van der Waals surface area contributed by atoms with Crippen LogP contribution in [0.15, 0.2) is 67.3 Å². The highest BCUT2D eigenvalue weighted by atomic mass is 16.5. The summed E-state index contributed by atoms with van der Waals surface area (Å²) >= 11 is 0. The maximum absolute atomic E-state index is 12.9. The van der Waals surface area contributed by atoms with E-state index in [1.165, 1.54) is 6.33 Å². The molecule has 5 rings (SSSR count). The maximum atomic E-state index is 12.9. The van der Waals surface area contributed by atoms with Crippen molar-refractivity contribution in [2.75, 3.05) is 55.3 Å². The van der Waals surface area contributed by atoms with Crippen LogP contribution in [0, 0.1) is 13.8 Å². The molecular weight excluding hydrogens is 480 g/mol. The van der Waals surface area contributed by atoms with Crippen LogP contribution in [-0.4, -0.2) is 69.7 Å². The van der Waals surface area contributed by atoms with E-state index in [4.69, 9.17) is 4.74 Å². The number of imidazole rings is 1. The Morgan fingerprint density at radius 1 is 1.03 bits per heavy atom. The first kappa shape index (κ1) is 25.4. The topological polar surface area (TPSA) is 109 Å². The summed E-state index contributed by atoms with van der Waals surface area (Å²) in [5.41, 5.74) is 4.17. The van der Waals surface area contributed by atoms with Crippen LogP contribution in [0.5, 0.6) is 0 Å². The van der Waals surface area contributed by atoms with Crippen LogP contribution in [0.4, 0.5) is 23.1 Å². The molecule has 10 heteroatoms. The van der Waals surface area contributed by atoms with Crippen LogP contribution in [0.1, 0.15) is 21.5 Å². The van der Waals surface area contributed by atoms with E-state index in [2.05, 4.69) is 35.8 Å². The molecule has 2 aromatic carbocycles. The molecule has 0 bridgehead atoms. The summed E-state index contributed by atoms with van der Waals surface area (Å²) in [5.74, 6) is 1.83. The van der Waals surface area contributed by atoms with E-state index in [1.807, 2.05) is 73.1 Å². The van der Waals surface area contributed by atoms with Crippen molar-refractivity contribution in [3.8, 4) is 5.82 Å². The molecule has 0 atom stereocenters. The average molecular weight is 513 g/mol. The quantitative estimate of drug-likeness (QED) is 0.309. The first-order valence-corrected chi connectivity index (χ1v) is 12.7. The molecule has 38 heavy (non-hydrogen) atoms. The molecule has 1 aliphatic rings. The van der Waals surface area contributed by atoms with Gasteiger partial charge in [0.25, 0.3) is 5.91 Å². The normalized spacial score (nSPS) is 13.7. The Kier molecular flexibility index (Phi) is 7.91. The number of aromatic nitrogens is 4. The number of benzene rings is 2. The SMILES string of the molecule is Cc1cccc(NC(=O)c2ccc(C)c(Nc3nccn3-c3cc(NCCN4CCOCC4)ncn3)c2)c1. The number of nitrogens with zero attached hydrogens (tertiary/aromatic N) is 5. The molecule has 1 fully saturated rings. The average Bonchev–Trinajstić information content (AvgIpc) is 3.39. The van der Waals surface area contributed by atoms with Gasteiger partial charge in [0.1, 0.15) is 18.0 Å². The van der Waals surface area contributed by atoms with Gasteiger partial charge in [-0.05, 0) is 49.2 Å². The van der Waals surface area contributed by atoms with E-state index < -0.39 is 0 Å². The van der Waals surface area contributed by atoms with Crippen molar-refractivity contribution < 1.29 is 9.53 Å². The van der Waals surface area contributed by atoms with Gasteiger partial charge in [0.2, 0.25) is 5.95 Å². The van der Waals surface area contributed by atoms with Gasteiger partial charge in [0.15, 0.2) is 0 Å². The van der Waals surface area contributed by atoms with E-state index in [0.29, 0.717) is 17.3 Å². The lowest BCUT2D eigenvalue weighted by molar-refractivity contribution is 0.0398. The van der Waals surface area contributed by atoms with Gasteiger partial charge in [-0.2, -0.15) is 0 Å². The van der Waals surface area contributed by atoms with Crippen LogP contribution < -0.4 is 16.0 Å². The third-order valence-electron chi connectivity index (χ3n) is 6.40. The van der Waals surface area contributed by atoms with Crippen LogP contribution in [0.25, 0.3) is 5.82 Å². The number of anilines is 4. The van der Waals surface area contributed by atoms with Gasteiger partial charge in [0, 0.05) is 61.6 Å². The minimum Gasteiger partial charge on any atom is -0.379 e. The molecule has 0 aliphatic carbocycles. The van der Waals surface area contributed by atoms with Gasteiger partial charge in [-0.3, -0.25) is 14.3 Å². The molecule has 1 aliphatic heterocycles.